The third-order valence-electron chi connectivity index (χ3n) is 22.8. The van der Waals surface area contributed by atoms with Crippen molar-refractivity contribution in [2.24, 2.45) is 38.2 Å². The number of nitrogens with two attached hydrogens (primary N) is 2. The summed E-state index contributed by atoms with van der Waals surface area (Å²) in [5.74, 6) is -8.46. The van der Waals surface area contributed by atoms with Crippen LogP contribution in [0.4, 0.5) is 17.1 Å². The van der Waals surface area contributed by atoms with Crippen LogP contribution in [0.2, 0.25) is 0 Å². The molecule has 8 N–H and O–H groups in total. The number of nitro groups is 2. The molecule has 0 aliphatic carbocycles. The van der Waals surface area contributed by atoms with E-state index in [0.29, 0.717) is 38.9 Å². The lowest BCUT2D eigenvalue weighted by Crippen LogP contribution is -2.75. The van der Waals surface area contributed by atoms with E-state index < -0.39 is 136 Å². The third kappa shape index (κ3) is 10.2. The molecule has 0 saturated carbocycles. The van der Waals surface area contributed by atoms with Crippen molar-refractivity contribution in [3.05, 3.63) is 104 Å². The number of carboxylic acids is 1. The average Bonchev–Trinajstić information content (AvgIpc) is 1.66. The second-order valence-corrected chi connectivity index (χ2v) is 28.0. The van der Waals surface area contributed by atoms with E-state index in [1.54, 1.807) is 132 Å². The molecule has 3 atom stereocenters. The van der Waals surface area contributed by atoms with Gasteiger partial charge in [-0.2, -0.15) is 0 Å². The quantitative estimate of drug-likeness (QED) is 0.0376. The van der Waals surface area contributed by atoms with Crippen LogP contribution in [0.1, 0.15) is 223 Å². The minimum Gasteiger partial charge on any atom is -0.481 e. The number of benzene rings is 3. The molecule has 3 aromatic carbocycles. The largest absolute Gasteiger partial charge is 0.481 e. The van der Waals surface area contributed by atoms with E-state index >= 15 is 0 Å². The average molecular weight is 1290 g/mol. The van der Waals surface area contributed by atoms with Gasteiger partial charge in [0.2, 0.25) is 23.6 Å². The van der Waals surface area contributed by atoms with Gasteiger partial charge in [0.05, 0.1) is 53.9 Å². The lowest BCUT2D eigenvalue weighted by Gasteiger charge is -2.56. The van der Waals surface area contributed by atoms with E-state index in [4.69, 9.17) is 21.4 Å². The Morgan fingerprint density at radius 2 is 0.677 bits per heavy atom. The summed E-state index contributed by atoms with van der Waals surface area (Å²) in [6.45, 7) is 41.6. The number of amides is 10. The van der Waals surface area contributed by atoms with Crippen LogP contribution < -0.4 is 27.4 Å². The fourth-order valence-corrected chi connectivity index (χ4v) is 12.4. The zero-order valence-electron chi connectivity index (χ0n) is 57.2. The minimum atomic E-state index is -1.75. The molecule has 93 heavy (non-hydrogen) atoms. The Hall–Kier alpha value is -9.47. The van der Waals surface area contributed by atoms with Gasteiger partial charge in [-0.1, -0.05) is 83.1 Å². The van der Waals surface area contributed by atoms with Crippen molar-refractivity contribution in [2.45, 2.75) is 190 Å². The van der Waals surface area contributed by atoms with Gasteiger partial charge in [-0.3, -0.25) is 98.7 Å². The lowest BCUT2D eigenvalue weighted by molar-refractivity contribution is -0.385. The molecule has 0 aromatic heterocycles. The zero-order chi connectivity index (χ0) is 72.5. The monoisotopic (exact) mass is 1290 g/mol. The maximum Gasteiger partial charge on any atom is 0.353 e. The normalized spacial score (nSPS) is 23.8. The molecular formula is C65H83N9O19. The number of ether oxygens (including phenoxy) is 1. The van der Waals surface area contributed by atoms with Crippen molar-refractivity contribution < 1.29 is 82.0 Å². The summed E-state index contributed by atoms with van der Waals surface area (Å²) in [5, 5.41) is 37.1. The fourth-order valence-electron chi connectivity index (χ4n) is 12.4. The smallest absolute Gasteiger partial charge is 0.353 e. The van der Waals surface area contributed by atoms with Crippen LogP contribution in [0, 0.1) is 115 Å². The maximum atomic E-state index is 13.5. The maximum absolute atomic E-state index is 13.5. The van der Waals surface area contributed by atoms with Crippen LogP contribution in [0.5, 0.6) is 0 Å². The number of anilines is 1. The van der Waals surface area contributed by atoms with Gasteiger partial charge in [0, 0.05) is 40.0 Å². The second-order valence-electron chi connectivity index (χ2n) is 28.0. The summed E-state index contributed by atoms with van der Waals surface area (Å²) in [4.78, 5) is 183. The molecule has 28 nitrogen and oxygen atoms in total. The highest BCUT2D eigenvalue weighted by Crippen LogP contribution is 2.57. The lowest BCUT2D eigenvalue weighted by atomic mass is 9.54. The number of nitrogen functional groups attached to an aromatic ring is 1. The summed E-state index contributed by atoms with van der Waals surface area (Å²) in [6, 6.07) is 0. The van der Waals surface area contributed by atoms with E-state index in [0.717, 1.165) is 27.9 Å². The second kappa shape index (κ2) is 23.3. The summed E-state index contributed by atoms with van der Waals surface area (Å²) >= 11 is 0. The Labute approximate surface area is 537 Å². The molecule has 0 bridgehead atoms. The molecule has 0 spiro atoms. The van der Waals surface area contributed by atoms with Gasteiger partial charge in [0.15, 0.2) is 5.56 Å². The van der Waals surface area contributed by atoms with Crippen LogP contribution in [-0.2, 0) is 38.3 Å². The van der Waals surface area contributed by atoms with Gasteiger partial charge in [0.25, 0.3) is 52.8 Å². The van der Waals surface area contributed by atoms with Gasteiger partial charge in [0.1, 0.15) is 16.6 Å². The summed E-state index contributed by atoms with van der Waals surface area (Å²) in [5.41, 5.74) is 6.75. The molecule has 9 rings (SSSR count). The first-order valence-corrected chi connectivity index (χ1v) is 29.4. The number of carbonyl (C=O) groups is 13. The molecule has 3 unspecified atom stereocenters. The fraction of sp³-hybridized carbons (Fsp3) is 0.523. The number of cyclic esters (lactones) is 2. The topological polar surface area (TPSA) is 432 Å². The highest BCUT2D eigenvalue weighted by Gasteiger charge is 2.70. The van der Waals surface area contributed by atoms with Crippen molar-refractivity contribution in [3.63, 3.8) is 0 Å². The number of hydrogen-bond acceptors (Lipinski definition) is 20. The first-order valence-electron chi connectivity index (χ1n) is 29.4. The van der Waals surface area contributed by atoms with E-state index in [2.05, 4.69) is 20.7 Å². The van der Waals surface area contributed by atoms with Crippen molar-refractivity contribution >= 4 is 94.0 Å². The van der Waals surface area contributed by atoms with Gasteiger partial charge < -0.3 is 21.3 Å². The molecule has 10 amide bonds. The molecule has 3 fully saturated rings. The molecule has 3 aromatic rings. The predicted octanol–water partition coefficient (Wildman–Crippen LogP) is 7.18. The van der Waals surface area contributed by atoms with Gasteiger partial charge >= 0.3 is 11.9 Å². The van der Waals surface area contributed by atoms with Crippen molar-refractivity contribution in [1.82, 2.24) is 25.8 Å². The molecular weight excluding hydrogens is 1210 g/mol. The number of nitro benzene ring substituents is 2. The first-order chi connectivity index (χ1) is 41.8. The van der Waals surface area contributed by atoms with Gasteiger partial charge in [-0.05, 0) is 122 Å². The molecule has 6 aliphatic rings. The van der Waals surface area contributed by atoms with Crippen molar-refractivity contribution in [3.8, 4) is 0 Å². The van der Waals surface area contributed by atoms with E-state index in [-0.39, 0.29) is 50.7 Å². The van der Waals surface area contributed by atoms with Crippen LogP contribution in [0.15, 0.2) is 0 Å². The molecule has 6 aliphatic heterocycles. The number of carbonyl (C=O) groups excluding carboxylic acids is 12. The molecule has 6 heterocycles. The van der Waals surface area contributed by atoms with Crippen molar-refractivity contribution in [1.29, 1.82) is 0 Å². The molecule has 28 heteroatoms. The standard InChI is InChI=1S/C21H25N3O6.C21H27N3O4.C11H9NO5.C10H18N2O2.C2H4O2/c1-9-10(2)12-13(14(11(9)3)24(29)30)16(26)23(15(12)25)21(8)18(28)22-17(27)19(4,5)20(21,6)7;1-9-10(2)12-13(14(22)11(9)3)16(26)24(15(12)25)21(8)18(28)23-17(27)19(4,5)20(21,6)7;1-4-5(2)7-8(11(14)17-10(7)13)9(6(4)3)12(15)16;1-8(2)6(13)12-7(14)10(5,11)9(8,3)4;1-2(3)4/h1-8H3,(H,22,27,28);22H2,1-8H3,(H,23,27,28);1-3H3;11H2,1-5H3,(H,12,13,14);1H3,(H,3,4). The first kappa shape index (κ1) is 74.3. The van der Waals surface area contributed by atoms with Crippen LogP contribution in [0.25, 0.3) is 0 Å². The van der Waals surface area contributed by atoms with Crippen LogP contribution in [0.3, 0.4) is 0 Å². The number of piperidine rings is 3. The van der Waals surface area contributed by atoms with Crippen LogP contribution >= 0.6 is 0 Å². The SMILES string of the molecule is CC(=O)O.CC1(C)C(=O)NC(=O)C(C)(N)C1(C)C.Cc1c(C)c(N)c2c(c1C)C(=O)N(C1(C)C(=O)NC(=O)C(C)(C)C1(C)C)C2=O.Cc1c(C)c2c(c([N+](=O)[O-])c1C)C(=O)N(C1(C)C(=O)NC(=O)C(C)(C)C1(C)C)C2=O.Cc1c(C)c2c(c([N+](=O)[O-])c1C)C(=O)OC2=O. The highest BCUT2D eigenvalue weighted by molar-refractivity contribution is 6.28. The Bertz CT molecular complexity index is 3950. The Morgan fingerprint density at radius 1 is 0.409 bits per heavy atom. The predicted molar refractivity (Wildman–Crippen MR) is 335 cm³/mol. The Balaban J connectivity index is 0.000000229. The van der Waals surface area contributed by atoms with Gasteiger partial charge in [-0.25, -0.2) is 9.59 Å². The number of nitrogens with one attached hydrogen (secondary N) is 3. The number of carboxylic acid groups (broad SMARTS) is 1. The Morgan fingerprint density at radius 3 is 1.03 bits per heavy atom. The molecule has 0 radical (unpaired) electrons. The van der Waals surface area contributed by atoms with Gasteiger partial charge in [-0.15, -0.1) is 0 Å². The number of fused-ring (bicyclic) bond motifs is 3. The third-order valence-corrected chi connectivity index (χ3v) is 22.8. The minimum absolute atomic E-state index is 0.0183. The number of rotatable bonds is 4. The Kier molecular flexibility index (Phi) is 18.6. The van der Waals surface area contributed by atoms with E-state index in [1.807, 2.05) is 20.8 Å². The summed E-state index contributed by atoms with van der Waals surface area (Å²) in [7, 11) is 0. The number of esters is 2. The molecule has 502 valence electrons. The number of imide groups is 5. The highest BCUT2D eigenvalue weighted by atomic mass is 16.6. The van der Waals surface area contributed by atoms with Crippen LogP contribution in [-0.4, -0.2) is 118 Å². The van der Waals surface area contributed by atoms with Crippen molar-refractivity contribution in [2.75, 3.05) is 5.73 Å². The van der Waals surface area contributed by atoms with E-state index in [9.17, 15) is 77.8 Å². The number of nitrogens with zero attached hydrogens (tertiary/aromatic N) is 4. The summed E-state index contributed by atoms with van der Waals surface area (Å²) < 4.78 is 4.43. The number of aliphatic carboxylic acids is 1. The van der Waals surface area contributed by atoms with E-state index in [1.165, 1.54) is 13.8 Å². The summed E-state index contributed by atoms with van der Waals surface area (Å²) in [6.07, 6.45) is 0. The molecule has 3 saturated heterocycles. The number of hydrogen-bond donors (Lipinski definition) is 6. The zero-order valence-corrected chi connectivity index (χ0v) is 57.2.